The lowest BCUT2D eigenvalue weighted by atomic mass is 9.96. The quantitative estimate of drug-likeness (QED) is 0.782. The SMILES string of the molecule is CCc1nn(Cc2ccc(OC3CCC3)cc2)cc1C(C)C. The molecule has 0 aliphatic heterocycles. The highest BCUT2D eigenvalue weighted by atomic mass is 16.5. The van der Waals surface area contributed by atoms with E-state index in [1.54, 1.807) is 0 Å². The standard InChI is InChI=1S/C19H26N2O/c1-4-19-18(14(2)3)13-21(20-19)12-15-8-10-17(11-9-15)22-16-6-5-7-16/h8-11,13-14,16H,4-7,12H2,1-3H3. The Hall–Kier alpha value is -1.77. The van der Waals surface area contributed by atoms with E-state index < -0.39 is 0 Å². The highest BCUT2D eigenvalue weighted by Gasteiger charge is 2.18. The summed E-state index contributed by atoms with van der Waals surface area (Å²) in [5.74, 6) is 1.52. The second-order valence-corrected chi connectivity index (χ2v) is 6.55. The van der Waals surface area contributed by atoms with E-state index in [1.807, 2.05) is 0 Å². The second-order valence-electron chi connectivity index (χ2n) is 6.55. The largest absolute Gasteiger partial charge is 0.490 e. The number of benzene rings is 1. The van der Waals surface area contributed by atoms with Crippen LogP contribution in [0, 0.1) is 0 Å². The summed E-state index contributed by atoms with van der Waals surface area (Å²) >= 11 is 0. The van der Waals surface area contributed by atoms with Gasteiger partial charge in [0, 0.05) is 6.20 Å². The predicted octanol–water partition coefficient (Wildman–Crippen LogP) is 4.55. The summed E-state index contributed by atoms with van der Waals surface area (Å²) < 4.78 is 7.97. The summed E-state index contributed by atoms with van der Waals surface area (Å²) in [7, 11) is 0. The van der Waals surface area contributed by atoms with Gasteiger partial charge in [-0.15, -0.1) is 0 Å². The molecule has 1 aliphatic rings. The molecule has 3 heteroatoms. The maximum Gasteiger partial charge on any atom is 0.119 e. The summed E-state index contributed by atoms with van der Waals surface area (Å²) in [4.78, 5) is 0. The Morgan fingerprint density at radius 2 is 1.95 bits per heavy atom. The Balaban J connectivity index is 1.67. The first kappa shape index (κ1) is 15.1. The molecule has 1 aromatic carbocycles. The van der Waals surface area contributed by atoms with Crippen LogP contribution >= 0.6 is 0 Å². The van der Waals surface area contributed by atoms with E-state index in [0.29, 0.717) is 12.0 Å². The number of aromatic nitrogens is 2. The van der Waals surface area contributed by atoms with Crippen molar-refractivity contribution in [2.45, 2.75) is 65.0 Å². The molecule has 0 radical (unpaired) electrons. The smallest absolute Gasteiger partial charge is 0.119 e. The molecule has 0 amide bonds. The van der Waals surface area contributed by atoms with Gasteiger partial charge in [-0.25, -0.2) is 0 Å². The summed E-state index contributed by atoms with van der Waals surface area (Å²) in [6.07, 6.45) is 7.34. The van der Waals surface area contributed by atoms with Gasteiger partial charge in [-0.05, 0) is 54.9 Å². The fraction of sp³-hybridized carbons (Fsp3) is 0.526. The highest BCUT2D eigenvalue weighted by Crippen LogP contribution is 2.25. The van der Waals surface area contributed by atoms with Gasteiger partial charge in [0.1, 0.15) is 5.75 Å². The van der Waals surface area contributed by atoms with E-state index in [1.165, 1.54) is 36.1 Å². The molecule has 0 spiro atoms. The zero-order valence-electron chi connectivity index (χ0n) is 13.9. The lowest BCUT2D eigenvalue weighted by molar-refractivity contribution is 0.120. The van der Waals surface area contributed by atoms with Gasteiger partial charge in [0.2, 0.25) is 0 Å². The van der Waals surface area contributed by atoms with Crippen molar-refractivity contribution in [3.05, 3.63) is 47.3 Å². The van der Waals surface area contributed by atoms with Gasteiger partial charge in [-0.2, -0.15) is 5.10 Å². The molecule has 1 heterocycles. The van der Waals surface area contributed by atoms with Gasteiger partial charge < -0.3 is 4.74 Å². The molecule has 1 fully saturated rings. The fourth-order valence-electron chi connectivity index (χ4n) is 2.86. The maximum atomic E-state index is 5.91. The number of nitrogens with zero attached hydrogens (tertiary/aromatic N) is 2. The van der Waals surface area contributed by atoms with Crippen molar-refractivity contribution >= 4 is 0 Å². The number of hydrogen-bond donors (Lipinski definition) is 0. The van der Waals surface area contributed by atoms with Crippen LogP contribution in [0.5, 0.6) is 5.75 Å². The number of hydrogen-bond acceptors (Lipinski definition) is 2. The zero-order chi connectivity index (χ0) is 15.5. The van der Waals surface area contributed by atoms with Crippen LogP contribution < -0.4 is 4.74 Å². The van der Waals surface area contributed by atoms with Crippen molar-refractivity contribution in [2.24, 2.45) is 0 Å². The topological polar surface area (TPSA) is 27.1 Å². The molecule has 2 aromatic rings. The van der Waals surface area contributed by atoms with Gasteiger partial charge in [-0.3, -0.25) is 4.68 Å². The number of aryl methyl sites for hydroxylation is 1. The van der Waals surface area contributed by atoms with Crippen molar-refractivity contribution in [2.75, 3.05) is 0 Å². The van der Waals surface area contributed by atoms with Crippen molar-refractivity contribution in [1.82, 2.24) is 9.78 Å². The van der Waals surface area contributed by atoms with Gasteiger partial charge in [-0.1, -0.05) is 32.9 Å². The van der Waals surface area contributed by atoms with Crippen molar-refractivity contribution in [1.29, 1.82) is 0 Å². The first-order valence-corrected chi connectivity index (χ1v) is 8.47. The lowest BCUT2D eigenvalue weighted by Gasteiger charge is -2.26. The molecule has 0 unspecified atom stereocenters. The molecular weight excluding hydrogens is 272 g/mol. The summed E-state index contributed by atoms with van der Waals surface area (Å²) in [6, 6.07) is 8.47. The van der Waals surface area contributed by atoms with E-state index >= 15 is 0 Å². The minimum Gasteiger partial charge on any atom is -0.490 e. The Morgan fingerprint density at radius 1 is 1.23 bits per heavy atom. The molecule has 0 bridgehead atoms. The van der Waals surface area contributed by atoms with Crippen LogP contribution in [-0.4, -0.2) is 15.9 Å². The van der Waals surface area contributed by atoms with Crippen molar-refractivity contribution in [3.63, 3.8) is 0 Å². The van der Waals surface area contributed by atoms with Crippen LogP contribution in [0.4, 0.5) is 0 Å². The van der Waals surface area contributed by atoms with E-state index in [0.717, 1.165) is 18.7 Å². The van der Waals surface area contributed by atoms with Crippen molar-refractivity contribution in [3.8, 4) is 5.75 Å². The molecule has 22 heavy (non-hydrogen) atoms. The van der Waals surface area contributed by atoms with Gasteiger partial charge in [0.25, 0.3) is 0 Å². The Kier molecular flexibility index (Phi) is 4.51. The molecule has 1 aromatic heterocycles. The average Bonchev–Trinajstić information content (AvgIpc) is 2.88. The Morgan fingerprint density at radius 3 is 2.45 bits per heavy atom. The fourth-order valence-corrected chi connectivity index (χ4v) is 2.86. The average molecular weight is 298 g/mol. The normalized spacial score (nSPS) is 15.1. The summed E-state index contributed by atoms with van der Waals surface area (Å²) in [5, 5.41) is 4.72. The van der Waals surface area contributed by atoms with Crippen molar-refractivity contribution < 1.29 is 4.74 Å². The van der Waals surface area contributed by atoms with Gasteiger partial charge in [0.15, 0.2) is 0 Å². The third-order valence-electron chi connectivity index (χ3n) is 4.45. The Bertz CT molecular complexity index is 609. The van der Waals surface area contributed by atoms with E-state index in [4.69, 9.17) is 9.84 Å². The molecule has 3 nitrogen and oxygen atoms in total. The third-order valence-corrected chi connectivity index (χ3v) is 4.45. The summed E-state index contributed by atoms with van der Waals surface area (Å²) in [5.41, 5.74) is 3.86. The van der Waals surface area contributed by atoms with Crippen LogP contribution in [-0.2, 0) is 13.0 Å². The van der Waals surface area contributed by atoms with Crippen LogP contribution in [0.15, 0.2) is 30.5 Å². The van der Waals surface area contributed by atoms with Crippen LogP contribution in [0.3, 0.4) is 0 Å². The van der Waals surface area contributed by atoms with Gasteiger partial charge >= 0.3 is 0 Å². The Labute approximate surface area is 133 Å². The monoisotopic (exact) mass is 298 g/mol. The van der Waals surface area contributed by atoms with E-state index in [-0.39, 0.29) is 0 Å². The first-order valence-electron chi connectivity index (χ1n) is 8.47. The third kappa shape index (κ3) is 3.34. The summed E-state index contributed by atoms with van der Waals surface area (Å²) in [6.45, 7) is 7.45. The first-order chi connectivity index (χ1) is 10.7. The molecule has 0 N–H and O–H groups in total. The highest BCUT2D eigenvalue weighted by molar-refractivity contribution is 5.28. The van der Waals surface area contributed by atoms with E-state index in [9.17, 15) is 0 Å². The zero-order valence-corrected chi connectivity index (χ0v) is 13.9. The minimum atomic E-state index is 0.442. The van der Waals surface area contributed by atoms with Crippen LogP contribution in [0.2, 0.25) is 0 Å². The maximum absolute atomic E-state index is 5.91. The number of ether oxygens (including phenoxy) is 1. The molecule has 1 aliphatic carbocycles. The van der Waals surface area contributed by atoms with Gasteiger partial charge in [0.05, 0.1) is 18.3 Å². The van der Waals surface area contributed by atoms with Crippen LogP contribution in [0.25, 0.3) is 0 Å². The lowest BCUT2D eigenvalue weighted by Crippen LogP contribution is -2.24. The predicted molar refractivity (Wildman–Crippen MR) is 89.5 cm³/mol. The second kappa shape index (κ2) is 6.55. The van der Waals surface area contributed by atoms with Crippen LogP contribution in [0.1, 0.15) is 62.8 Å². The van der Waals surface area contributed by atoms with E-state index in [2.05, 4.69) is 55.9 Å². The molecule has 0 saturated heterocycles. The molecule has 118 valence electrons. The molecule has 3 rings (SSSR count). The molecule has 0 atom stereocenters. The molecular formula is C19H26N2O. The minimum absolute atomic E-state index is 0.442. The number of rotatable bonds is 6. The molecule has 1 saturated carbocycles.